The summed E-state index contributed by atoms with van der Waals surface area (Å²) in [4.78, 5) is 26.7. The lowest BCUT2D eigenvalue weighted by atomic mass is 9.62. The van der Waals surface area contributed by atoms with Gasteiger partial charge >= 0.3 is 5.79 Å². The van der Waals surface area contributed by atoms with E-state index in [2.05, 4.69) is 0 Å². The molecule has 0 aromatic heterocycles. The molecule has 6 nitrogen and oxygen atoms in total. The van der Waals surface area contributed by atoms with Crippen LogP contribution in [0.3, 0.4) is 0 Å². The number of benzene rings is 1. The van der Waals surface area contributed by atoms with Crippen molar-refractivity contribution in [3.8, 4) is 17.2 Å². The summed E-state index contributed by atoms with van der Waals surface area (Å²) >= 11 is 0. The molecule has 6 heteroatoms. The van der Waals surface area contributed by atoms with Crippen LogP contribution in [0.15, 0.2) is 17.7 Å². The van der Waals surface area contributed by atoms with Crippen molar-refractivity contribution in [1.82, 2.24) is 0 Å². The summed E-state index contributed by atoms with van der Waals surface area (Å²) in [7, 11) is 0. The van der Waals surface area contributed by atoms with Gasteiger partial charge in [0.2, 0.25) is 17.1 Å². The Morgan fingerprint density at radius 2 is 1.24 bits per heavy atom. The molecular formula is C28H40O6. The molecule has 0 amide bonds. The van der Waals surface area contributed by atoms with E-state index in [4.69, 9.17) is 9.47 Å². The fourth-order valence-electron chi connectivity index (χ4n) is 4.73. The molecule has 0 fully saturated rings. The Bertz CT molecular complexity index is 1100. The predicted molar refractivity (Wildman–Crippen MR) is 131 cm³/mol. The van der Waals surface area contributed by atoms with Crippen LogP contribution in [0, 0.1) is 10.8 Å². The standard InChI is InChI=1S/C28H40O6/c1-23(2,3)15-13-16(24(4,5)6)20-21(18(15)29)33-27(26(10,11)12)14-17(25(7,8)9)19(30)22(31)28(27,32)34-20/h13-14,29,32H,1-12H3. The number of fused-ring (bicyclic) bond motifs is 2. The Balaban J connectivity index is 2.51. The van der Waals surface area contributed by atoms with Crippen LogP contribution in [0.25, 0.3) is 0 Å². The van der Waals surface area contributed by atoms with Crippen molar-refractivity contribution in [3.05, 3.63) is 28.8 Å². The SMILES string of the molecule is CC(C)(C)C1=CC2(C(C)(C)C)Oc3c(O)c(C(C)(C)C)cc(C(C)(C)C)c3OC2(O)C(=O)C1=O. The Morgan fingerprint density at radius 1 is 0.735 bits per heavy atom. The molecule has 2 atom stereocenters. The van der Waals surface area contributed by atoms with E-state index >= 15 is 0 Å². The van der Waals surface area contributed by atoms with Gasteiger partial charge in [-0.3, -0.25) is 9.59 Å². The fourth-order valence-corrected chi connectivity index (χ4v) is 4.73. The van der Waals surface area contributed by atoms with Gasteiger partial charge in [0.05, 0.1) is 0 Å². The molecule has 2 aliphatic rings. The maximum atomic E-state index is 13.6. The summed E-state index contributed by atoms with van der Waals surface area (Å²) in [5.74, 6) is -4.41. The molecular weight excluding hydrogens is 432 g/mol. The number of carbonyl (C=O) groups excluding carboxylic acids is 2. The molecule has 1 aliphatic heterocycles. The summed E-state index contributed by atoms with van der Waals surface area (Å²) in [5, 5.41) is 23.3. The minimum atomic E-state index is -2.60. The van der Waals surface area contributed by atoms with E-state index in [0.717, 1.165) is 0 Å². The molecule has 0 bridgehead atoms. The zero-order valence-corrected chi connectivity index (χ0v) is 22.7. The maximum absolute atomic E-state index is 13.6. The first-order chi connectivity index (χ1) is 15.0. The first kappa shape index (κ1) is 26.3. The van der Waals surface area contributed by atoms with E-state index in [-0.39, 0.29) is 22.8 Å². The fraction of sp³-hybridized carbons (Fsp3) is 0.643. The second kappa shape index (κ2) is 7.09. The third kappa shape index (κ3) is 3.57. The number of ketones is 2. The highest BCUT2D eigenvalue weighted by atomic mass is 16.7. The van der Waals surface area contributed by atoms with Crippen LogP contribution in [-0.2, 0) is 20.4 Å². The Hall–Kier alpha value is -2.34. The molecule has 3 rings (SSSR count). The monoisotopic (exact) mass is 472 g/mol. The van der Waals surface area contributed by atoms with E-state index in [0.29, 0.717) is 11.1 Å². The molecule has 1 aliphatic carbocycles. The molecule has 1 aromatic rings. The average Bonchev–Trinajstić information content (AvgIpc) is 2.60. The van der Waals surface area contributed by atoms with E-state index in [9.17, 15) is 19.8 Å². The number of hydrogen-bond donors (Lipinski definition) is 2. The summed E-state index contributed by atoms with van der Waals surface area (Å²) in [6.07, 6.45) is 1.54. The number of allylic oxidation sites excluding steroid dienone is 1. The number of phenolic OH excluding ortho intramolecular Hbond substituents is 1. The minimum Gasteiger partial charge on any atom is -0.504 e. The quantitative estimate of drug-likeness (QED) is 0.494. The van der Waals surface area contributed by atoms with Crippen molar-refractivity contribution in [3.63, 3.8) is 0 Å². The van der Waals surface area contributed by atoms with E-state index < -0.39 is 44.6 Å². The lowest BCUT2D eigenvalue weighted by Crippen LogP contribution is -2.75. The number of hydrogen-bond acceptors (Lipinski definition) is 6. The molecule has 0 saturated heterocycles. The van der Waals surface area contributed by atoms with Crippen LogP contribution in [0.1, 0.15) is 94.2 Å². The van der Waals surface area contributed by atoms with Gasteiger partial charge in [0.25, 0.3) is 5.78 Å². The second-order valence-electron chi connectivity index (χ2n) is 13.8. The minimum absolute atomic E-state index is 0.0728. The smallest absolute Gasteiger partial charge is 0.321 e. The molecule has 0 spiro atoms. The topological polar surface area (TPSA) is 93.1 Å². The summed E-state index contributed by atoms with van der Waals surface area (Å²) in [5.41, 5.74) is -2.68. The predicted octanol–water partition coefficient (Wildman–Crippen LogP) is 5.36. The number of Topliss-reactive ketones (excluding diaryl/α,β-unsaturated/α-hetero) is 2. The molecule has 2 N–H and O–H groups in total. The van der Waals surface area contributed by atoms with Crippen molar-refractivity contribution in [1.29, 1.82) is 0 Å². The number of aromatic hydroxyl groups is 1. The van der Waals surface area contributed by atoms with E-state index in [1.807, 2.05) is 89.2 Å². The zero-order valence-electron chi connectivity index (χ0n) is 22.7. The highest BCUT2D eigenvalue weighted by Gasteiger charge is 2.72. The van der Waals surface area contributed by atoms with Crippen LogP contribution < -0.4 is 9.47 Å². The normalized spacial score (nSPS) is 25.7. The number of carbonyl (C=O) groups is 2. The highest BCUT2D eigenvalue weighted by molar-refractivity contribution is 6.47. The maximum Gasteiger partial charge on any atom is 0.321 e. The van der Waals surface area contributed by atoms with E-state index in [1.165, 1.54) is 0 Å². The molecule has 1 heterocycles. The molecule has 0 saturated carbocycles. The Labute approximate surface area is 203 Å². The summed E-state index contributed by atoms with van der Waals surface area (Å²) in [6.45, 7) is 22.8. The van der Waals surface area contributed by atoms with Crippen molar-refractivity contribution < 1.29 is 29.3 Å². The van der Waals surface area contributed by atoms with Crippen LogP contribution in [-0.4, -0.2) is 33.2 Å². The highest BCUT2D eigenvalue weighted by Crippen LogP contribution is 2.60. The first-order valence-corrected chi connectivity index (χ1v) is 11.8. The zero-order chi connectivity index (χ0) is 26.4. The van der Waals surface area contributed by atoms with Crippen molar-refractivity contribution in [2.75, 3.05) is 0 Å². The van der Waals surface area contributed by atoms with Crippen LogP contribution in [0.5, 0.6) is 17.2 Å². The lowest BCUT2D eigenvalue weighted by molar-refractivity contribution is -0.260. The molecule has 0 radical (unpaired) electrons. The van der Waals surface area contributed by atoms with Crippen LogP contribution in [0.2, 0.25) is 0 Å². The average molecular weight is 473 g/mol. The number of ether oxygens (including phenoxy) is 2. The third-order valence-corrected chi connectivity index (χ3v) is 6.87. The molecule has 1 aromatic carbocycles. The molecule has 34 heavy (non-hydrogen) atoms. The lowest BCUT2D eigenvalue weighted by Gasteiger charge is -2.55. The van der Waals surface area contributed by atoms with Crippen molar-refractivity contribution in [2.24, 2.45) is 10.8 Å². The van der Waals surface area contributed by atoms with Crippen LogP contribution >= 0.6 is 0 Å². The summed E-state index contributed by atoms with van der Waals surface area (Å²) in [6, 6.07) is 1.83. The van der Waals surface area contributed by atoms with Gasteiger partial charge in [-0.1, -0.05) is 83.1 Å². The number of phenols is 1. The van der Waals surface area contributed by atoms with Gasteiger partial charge in [0, 0.05) is 22.1 Å². The molecule has 188 valence electrons. The number of rotatable bonds is 0. The van der Waals surface area contributed by atoms with Crippen molar-refractivity contribution in [2.45, 2.75) is 105 Å². The van der Waals surface area contributed by atoms with E-state index in [1.54, 1.807) is 6.08 Å². The largest absolute Gasteiger partial charge is 0.504 e. The van der Waals surface area contributed by atoms with Gasteiger partial charge < -0.3 is 19.7 Å². The number of aliphatic hydroxyl groups is 1. The Kier molecular flexibility index (Phi) is 5.48. The van der Waals surface area contributed by atoms with Gasteiger partial charge in [0.15, 0.2) is 11.5 Å². The van der Waals surface area contributed by atoms with Gasteiger partial charge in [-0.25, -0.2) is 0 Å². The second-order valence-corrected chi connectivity index (χ2v) is 13.8. The van der Waals surface area contributed by atoms with Gasteiger partial charge in [-0.15, -0.1) is 0 Å². The summed E-state index contributed by atoms with van der Waals surface area (Å²) < 4.78 is 12.7. The van der Waals surface area contributed by atoms with Crippen molar-refractivity contribution >= 4 is 11.6 Å². The van der Waals surface area contributed by atoms with Gasteiger partial charge in [0.1, 0.15) is 0 Å². The third-order valence-electron chi connectivity index (χ3n) is 6.87. The van der Waals surface area contributed by atoms with Gasteiger partial charge in [-0.2, -0.15) is 0 Å². The van der Waals surface area contributed by atoms with Gasteiger partial charge in [-0.05, 0) is 28.4 Å². The van der Waals surface area contributed by atoms with Crippen LogP contribution in [0.4, 0.5) is 0 Å². The Morgan fingerprint density at radius 3 is 1.65 bits per heavy atom. The molecule has 2 unspecified atom stereocenters. The first-order valence-electron chi connectivity index (χ1n) is 11.8.